The Hall–Kier alpha value is -1.84. The third-order valence-corrected chi connectivity index (χ3v) is 3.35. The van der Waals surface area contributed by atoms with Crippen LogP contribution in [0.1, 0.15) is 42.4 Å². The van der Waals surface area contributed by atoms with E-state index in [-0.39, 0.29) is 11.3 Å². The Labute approximate surface area is 113 Å². The summed E-state index contributed by atoms with van der Waals surface area (Å²) in [6.07, 6.45) is 1.84. The van der Waals surface area contributed by atoms with Crippen LogP contribution in [0, 0.1) is 6.92 Å². The highest BCUT2D eigenvalue weighted by Crippen LogP contribution is 2.28. The summed E-state index contributed by atoms with van der Waals surface area (Å²) in [4.78, 5) is 16.7. The van der Waals surface area contributed by atoms with Gasteiger partial charge in [0.1, 0.15) is 5.52 Å². The smallest absolute Gasteiger partial charge is 0.254 e. The van der Waals surface area contributed by atoms with Crippen molar-refractivity contribution < 1.29 is 4.79 Å². The van der Waals surface area contributed by atoms with E-state index in [1.54, 1.807) is 7.05 Å². The highest BCUT2D eigenvalue weighted by atomic mass is 16.1. The minimum Gasteiger partial charge on any atom is -0.355 e. The number of fused-ring (bicyclic) bond motifs is 1. The maximum absolute atomic E-state index is 11.9. The molecule has 0 aliphatic rings. The van der Waals surface area contributed by atoms with E-state index in [9.17, 15) is 4.79 Å². The zero-order valence-electron chi connectivity index (χ0n) is 12.5. The molecule has 4 heteroatoms. The molecule has 0 bridgehead atoms. The van der Waals surface area contributed by atoms with Crippen LogP contribution in [0.2, 0.25) is 0 Å². The van der Waals surface area contributed by atoms with E-state index in [2.05, 4.69) is 39.1 Å². The van der Waals surface area contributed by atoms with Crippen molar-refractivity contribution in [2.75, 3.05) is 7.05 Å². The lowest BCUT2D eigenvalue weighted by Gasteiger charge is -2.19. The quantitative estimate of drug-likeness (QED) is 0.855. The van der Waals surface area contributed by atoms with Crippen LogP contribution in [-0.2, 0) is 12.5 Å². The third-order valence-electron chi connectivity index (χ3n) is 3.35. The van der Waals surface area contributed by atoms with Crippen LogP contribution in [0.25, 0.3) is 11.0 Å². The van der Waals surface area contributed by atoms with Crippen molar-refractivity contribution in [1.82, 2.24) is 14.9 Å². The Kier molecular flexibility index (Phi) is 3.12. The van der Waals surface area contributed by atoms with Gasteiger partial charge in [-0.15, -0.1) is 0 Å². The van der Waals surface area contributed by atoms with Crippen molar-refractivity contribution in [2.45, 2.75) is 33.1 Å². The van der Waals surface area contributed by atoms with Gasteiger partial charge in [-0.05, 0) is 18.6 Å². The Balaban J connectivity index is 2.81. The van der Waals surface area contributed by atoms with Crippen LogP contribution in [-0.4, -0.2) is 22.5 Å². The van der Waals surface area contributed by atoms with Crippen molar-refractivity contribution in [1.29, 1.82) is 0 Å². The molecule has 2 rings (SSSR count). The Bertz CT molecular complexity index is 647. The van der Waals surface area contributed by atoms with Crippen molar-refractivity contribution in [2.24, 2.45) is 7.05 Å². The molecule has 2 aromatic heterocycles. The van der Waals surface area contributed by atoms with Gasteiger partial charge in [-0.3, -0.25) is 4.79 Å². The molecule has 0 aromatic carbocycles. The molecule has 0 saturated heterocycles. The Morgan fingerprint density at radius 3 is 2.53 bits per heavy atom. The average Bonchev–Trinajstić information content (AvgIpc) is 2.65. The lowest BCUT2D eigenvalue weighted by atomic mass is 9.90. The summed E-state index contributed by atoms with van der Waals surface area (Å²) in [7, 11) is 3.59. The highest BCUT2D eigenvalue weighted by molar-refractivity contribution is 6.06. The third kappa shape index (κ3) is 2.23. The van der Waals surface area contributed by atoms with Crippen LogP contribution >= 0.6 is 0 Å². The standard InChI is InChI=1S/C15H21N3O/c1-9-7-11(15(2,3)4)17-12-10(14(19)16-5)8-18(6)13(9)12/h7-8H,1-6H3,(H,16,19). The summed E-state index contributed by atoms with van der Waals surface area (Å²) < 4.78 is 1.97. The molecule has 2 heterocycles. The maximum atomic E-state index is 11.9. The Morgan fingerprint density at radius 2 is 2.00 bits per heavy atom. The number of hydrogen-bond donors (Lipinski definition) is 1. The number of nitrogens with zero attached hydrogens (tertiary/aromatic N) is 2. The van der Waals surface area contributed by atoms with E-state index in [1.165, 1.54) is 0 Å². The number of hydrogen-bond acceptors (Lipinski definition) is 2. The molecule has 0 saturated carbocycles. The second kappa shape index (κ2) is 4.37. The molecule has 0 fully saturated rings. The second-order valence-electron chi connectivity index (χ2n) is 6.00. The van der Waals surface area contributed by atoms with Gasteiger partial charge < -0.3 is 9.88 Å². The van der Waals surface area contributed by atoms with Gasteiger partial charge in [-0.1, -0.05) is 20.8 Å². The van der Waals surface area contributed by atoms with Crippen LogP contribution in [0.15, 0.2) is 12.3 Å². The lowest BCUT2D eigenvalue weighted by Crippen LogP contribution is -2.18. The van der Waals surface area contributed by atoms with Gasteiger partial charge in [0.05, 0.1) is 11.1 Å². The fourth-order valence-electron chi connectivity index (χ4n) is 2.30. The molecular weight excluding hydrogens is 238 g/mol. The number of rotatable bonds is 1. The predicted molar refractivity (Wildman–Crippen MR) is 77.5 cm³/mol. The first-order valence-corrected chi connectivity index (χ1v) is 6.45. The number of aryl methyl sites for hydroxylation is 2. The summed E-state index contributed by atoms with van der Waals surface area (Å²) >= 11 is 0. The average molecular weight is 259 g/mol. The summed E-state index contributed by atoms with van der Waals surface area (Å²) in [5, 5.41) is 2.67. The molecule has 0 atom stereocenters. The van der Waals surface area contributed by atoms with Crippen molar-refractivity contribution in [3.63, 3.8) is 0 Å². The molecule has 19 heavy (non-hydrogen) atoms. The van der Waals surface area contributed by atoms with Gasteiger partial charge in [0.15, 0.2) is 0 Å². The molecule has 0 aliphatic carbocycles. The maximum Gasteiger partial charge on any atom is 0.254 e. The molecule has 0 unspecified atom stereocenters. The molecule has 2 aromatic rings. The first-order valence-electron chi connectivity index (χ1n) is 6.45. The topological polar surface area (TPSA) is 46.9 Å². The van der Waals surface area contributed by atoms with E-state index in [0.717, 1.165) is 22.3 Å². The first-order chi connectivity index (χ1) is 8.75. The van der Waals surface area contributed by atoms with Gasteiger partial charge in [0.2, 0.25) is 0 Å². The van der Waals surface area contributed by atoms with E-state index >= 15 is 0 Å². The fourth-order valence-corrected chi connectivity index (χ4v) is 2.30. The molecule has 0 spiro atoms. The van der Waals surface area contributed by atoms with Gasteiger partial charge >= 0.3 is 0 Å². The van der Waals surface area contributed by atoms with Gasteiger partial charge in [-0.25, -0.2) is 4.98 Å². The SMILES string of the molecule is CNC(=O)c1cn(C)c2c(C)cc(C(C)(C)C)nc12. The molecule has 4 nitrogen and oxygen atoms in total. The minimum atomic E-state index is -0.0939. The normalized spacial score (nSPS) is 11.9. The van der Waals surface area contributed by atoms with Gasteiger partial charge in [-0.2, -0.15) is 0 Å². The highest BCUT2D eigenvalue weighted by Gasteiger charge is 2.21. The number of pyridine rings is 1. The van der Waals surface area contributed by atoms with Crippen LogP contribution in [0.3, 0.4) is 0 Å². The van der Waals surface area contributed by atoms with E-state index < -0.39 is 0 Å². The predicted octanol–water partition coefficient (Wildman–Crippen LogP) is 2.54. The molecular formula is C15H21N3O. The summed E-state index contributed by atoms with van der Waals surface area (Å²) in [5.41, 5.74) is 4.56. The van der Waals surface area contributed by atoms with Crippen molar-refractivity contribution in [3.05, 3.63) is 29.1 Å². The van der Waals surface area contributed by atoms with Crippen LogP contribution in [0.4, 0.5) is 0 Å². The molecule has 0 radical (unpaired) electrons. The molecule has 102 valence electrons. The summed E-state index contributed by atoms with van der Waals surface area (Å²) in [5.74, 6) is -0.0939. The molecule has 1 N–H and O–H groups in total. The van der Waals surface area contributed by atoms with E-state index in [1.807, 2.05) is 17.8 Å². The van der Waals surface area contributed by atoms with Gasteiger partial charge in [0, 0.05) is 31.4 Å². The molecule has 1 amide bonds. The summed E-state index contributed by atoms with van der Waals surface area (Å²) in [6.45, 7) is 8.45. The number of amides is 1. The first kappa shape index (κ1) is 13.6. The largest absolute Gasteiger partial charge is 0.355 e. The zero-order chi connectivity index (χ0) is 14.4. The van der Waals surface area contributed by atoms with E-state index in [4.69, 9.17) is 4.98 Å². The van der Waals surface area contributed by atoms with Crippen molar-refractivity contribution in [3.8, 4) is 0 Å². The van der Waals surface area contributed by atoms with Crippen molar-refractivity contribution >= 4 is 16.9 Å². The number of carbonyl (C=O) groups is 1. The molecule has 0 aliphatic heterocycles. The van der Waals surface area contributed by atoms with Crippen LogP contribution < -0.4 is 5.32 Å². The second-order valence-corrected chi connectivity index (χ2v) is 6.00. The summed E-state index contributed by atoms with van der Waals surface area (Å²) in [6, 6.07) is 2.11. The fraction of sp³-hybridized carbons (Fsp3) is 0.467. The van der Waals surface area contributed by atoms with E-state index in [0.29, 0.717) is 5.56 Å². The number of aromatic nitrogens is 2. The monoisotopic (exact) mass is 259 g/mol. The number of carbonyl (C=O) groups excluding carboxylic acids is 1. The Morgan fingerprint density at radius 1 is 1.37 bits per heavy atom. The minimum absolute atomic E-state index is 0.0330. The van der Waals surface area contributed by atoms with Crippen LogP contribution in [0.5, 0.6) is 0 Å². The lowest BCUT2D eigenvalue weighted by molar-refractivity contribution is 0.0964. The van der Waals surface area contributed by atoms with Gasteiger partial charge in [0.25, 0.3) is 5.91 Å². The zero-order valence-corrected chi connectivity index (χ0v) is 12.5. The number of nitrogens with one attached hydrogen (secondary N) is 1.